The summed E-state index contributed by atoms with van der Waals surface area (Å²) in [6, 6.07) is 16.6. The van der Waals surface area contributed by atoms with Crippen LogP contribution < -0.4 is 24.4 Å². The molecule has 252 valence electrons. The van der Waals surface area contributed by atoms with Gasteiger partial charge in [0.05, 0.1) is 42.3 Å². The minimum atomic E-state index is -4.69. The van der Waals surface area contributed by atoms with Crippen LogP contribution in [0.15, 0.2) is 102 Å². The Labute approximate surface area is 285 Å². The van der Waals surface area contributed by atoms with E-state index >= 15 is 0 Å². The number of aromatic nitrogens is 3. The van der Waals surface area contributed by atoms with Crippen molar-refractivity contribution in [2.24, 2.45) is 4.99 Å². The van der Waals surface area contributed by atoms with Gasteiger partial charge in [-0.25, -0.2) is 19.8 Å². The van der Waals surface area contributed by atoms with Gasteiger partial charge in [0.25, 0.3) is 5.56 Å². The smallest absolute Gasteiger partial charge is 0.433 e. The van der Waals surface area contributed by atoms with Crippen molar-refractivity contribution < 1.29 is 36.6 Å². The van der Waals surface area contributed by atoms with E-state index < -0.39 is 29.4 Å². The van der Waals surface area contributed by atoms with E-state index in [1.807, 2.05) is 0 Å². The van der Waals surface area contributed by atoms with E-state index in [-0.39, 0.29) is 38.4 Å². The summed E-state index contributed by atoms with van der Waals surface area (Å²) in [5.74, 6) is 0.515. The van der Waals surface area contributed by atoms with E-state index in [0.29, 0.717) is 33.1 Å². The van der Waals surface area contributed by atoms with Gasteiger partial charge in [-0.05, 0) is 62.0 Å². The first-order chi connectivity index (χ1) is 23.5. The van der Waals surface area contributed by atoms with Crippen molar-refractivity contribution in [1.82, 2.24) is 14.5 Å². The van der Waals surface area contributed by atoms with Gasteiger partial charge in [-0.2, -0.15) is 13.2 Å². The Bertz CT molecular complexity index is 2260. The Kier molecular flexibility index (Phi) is 9.48. The molecule has 4 heterocycles. The van der Waals surface area contributed by atoms with Crippen molar-refractivity contribution in [3.8, 4) is 22.8 Å². The van der Waals surface area contributed by atoms with Crippen LogP contribution in [0.2, 0.25) is 0 Å². The molecule has 2 aromatic carbocycles. The van der Waals surface area contributed by atoms with Gasteiger partial charge in [0.1, 0.15) is 29.0 Å². The summed E-state index contributed by atoms with van der Waals surface area (Å²) in [4.78, 5) is 40.3. The second kappa shape index (κ2) is 13.8. The molecule has 0 amide bonds. The summed E-state index contributed by atoms with van der Waals surface area (Å²) in [5, 5.41) is 0.0416. The predicted octanol–water partition coefficient (Wildman–Crippen LogP) is 6.04. The molecule has 0 N–H and O–H groups in total. The molecule has 0 unspecified atom stereocenters. The molecule has 0 saturated heterocycles. The van der Waals surface area contributed by atoms with E-state index in [9.17, 15) is 22.8 Å². The van der Waals surface area contributed by atoms with Crippen molar-refractivity contribution in [2.45, 2.75) is 36.3 Å². The second-order valence-electron chi connectivity index (χ2n) is 10.5. The molecule has 0 radical (unpaired) electrons. The number of allylic oxidation sites excluding steroid dienone is 1. The Morgan fingerprint density at radius 3 is 2.53 bits per heavy atom. The number of hydrogen-bond donors (Lipinski definition) is 0. The Balaban J connectivity index is 1.40. The zero-order valence-electron chi connectivity index (χ0n) is 26.4. The number of thiazole rings is 1. The zero-order chi connectivity index (χ0) is 34.9. The molecule has 49 heavy (non-hydrogen) atoms. The van der Waals surface area contributed by atoms with Crippen LogP contribution in [0.25, 0.3) is 17.3 Å². The maximum Gasteiger partial charge on any atom is 0.433 e. The third-order valence-corrected chi connectivity index (χ3v) is 9.15. The van der Waals surface area contributed by atoms with Crippen molar-refractivity contribution in [3.63, 3.8) is 0 Å². The normalized spacial score (nSPS) is 14.8. The number of methoxy groups -OCH3 is 2. The highest BCUT2D eigenvalue weighted by atomic mass is 32.2. The van der Waals surface area contributed by atoms with E-state index in [1.54, 1.807) is 74.5 Å². The van der Waals surface area contributed by atoms with E-state index in [4.69, 9.17) is 18.6 Å². The van der Waals surface area contributed by atoms with Crippen LogP contribution in [0.3, 0.4) is 0 Å². The molecule has 0 aliphatic carbocycles. The number of alkyl halides is 3. The van der Waals surface area contributed by atoms with Crippen LogP contribution in [-0.2, 0) is 15.7 Å². The molecule has 0 fully saturated rings. The van der Waals surface area contributed by atoms with Crippen molar-refractivity contribution in [3.05, 3.63) is 115 Å². The summed E-state index contributed by atoms with van der Waals surface area (Å²) >= 11 is 1.89. The Morgan fingerprint density at radius 2 is 1.84 bits per heavy atom. The first-order valence-corrected chi connectivity index (χ1v) is 16.3. The molecule has 15 heteroatoms. The minimum Gasteiger partial charge on any atom is -0.497 e. The fourth-order valence-corrected chi connectivity index (χ4v) is 6.97. The fraction of sp³-hybridized carbons (Fsp3) is 0.206. The molecule has 0 saturated carbocycles. The maximum absolute atomic E-state index is 14.1. The number of ether oxygens (including phenoxy) is 3. The van der Waals surface area contributed by atoms with Crippen LogP contribution in [0.5, 0.6) is 11.5 Å². The van der Waals surface area contributed by atoms with Gasteiger partial charge in [-0.15, -0.1) is 0 Å². The molecule has 1 aliphatic rings. The van der Waals surface area contributed by atoms with Gasteiger partial charge >= 0.3 is 12.1 Å². The maximum atomic E-state index is 14.1. The summed E-state index contributed by atoms with van der Waals surface area (Å²) in [7, 11) is 2.98. The molecule has 10 nitrogen and oxygen atoms in total. The monoisotopic (exact) mass is 708 g/mol. The zero-order valence-corrected chi connectivity index (χ0v) is 28.0. The molecular weight excluding hydrogens is 682 g/mol. The summed E-state index contributed by atoms with van der Waals surface area (Å²) in [6.45, 7) is 3.46. The Hall–Kier alpha value is -5.15. The lowest BCUT2D eigenvalue weighted by atomic mass is 9.95. The summed E-state index contributed by atoms with van der Waals surface area (Å²) < 4.78 is 65.1. The lowest BCUT2D eigenvalue weighted by Crippen LogP contribution is -2.40. The van der Waals surface area contributed by atoms with Crippen LogP contribution in [0.4, 0.5) is 13.2 Å². The van der Waals surface area contributed by atoms with Gasteiger partial charge < -0.3 is 18.6 Å². The van der Waals surface area contributed by atoms with Crippen molar-refractivity contribution in [1.29, 1.82) is 0 Å². The number of rotatable bonds is 9. The molecule has 0 spiro atoms. The molecule has 0 bridgehead atoms. The van der Waals surface area contributed by atoms with E-state index in [2.05, 4.69) is 15.0 Å². The highest BCUT2D eigenvalue weighted by molar-refractivity contribution is 7.99. The number of fused-ring (bicyclic) bond motifs is 1. The molecule has 3 aromatic heterocycles. The summed E-state index contributed by atoms with van der Waals surface area (Å²) in [6.07, 6.45) is -3.19. The number of carbonyl (C=O) groups is 1. The number of halogens is 3. The minimum absolute atomic E-state index is 0.109. The van der Waals surface area contributed by atoms with Crippen LogP contribution in [0, 0.1) is 0 Å². The van der Waals surface area contributed by atoms with Gasteiger partial charge in [0, 0.05) is 17.2 Å². The quantitative estimate of drug-likeness (QED) is 0.134. The molecule has 6 rings (SSSR count). The number of carbonyl (C=O) groups excluding carboxylic acids is 1. The third kappa shape index (κ3) is 6.89. The number of furan rings is 1. The SMILES string of the molecule is CCOC(=O)C1=C(C)N=c2s/c(=C/c3ccc(Sc4nc(-c5ccccc5)cc(C(F)(F)F)n4)o3)c(=O)n2[C@H]1c1cc(OC)ccc1OC. The van der Waals surface area contributed by atoms with Crippen LogP contribution >= 0.6 is 23.1 Å². The average molecular weight is 709 g/mol. The van der Waals surface area contributed by atoms with Gasteiger partial charge in [-0.1, -0.05) is 41.7 Å². The number of hydrogen-bond acceptors (Lipinski definition) is 11. The highest BCUT2D eigenvalue weighted by Crippen LogP contribution is 2.38. The predicted molar refractivity (Wildman–Crippen MR) is 175 cm³/mol. The highest BCUT2D eigenvalue weighted by Gasteiger charge is 2.36. The van der Waals surface area contributed by atoms with Gasteiger partial charge in [-0.3, -0.25) is 9.36 Å². The lowest BCUT2D eigenvalue weighted by molar-refractivity contribution is -0.141. The number of nitrogens with zero attached hydrogens (tertiary/aromatic N) is 4. The van der Waals surface area contributed by atoms with Crippen LogP contribution in [0.1, 0.15) is 36.9 Å². The Morgan fingerprint density at radius 1 is 1.06 bits per heavy atom. The summed E-state index contributed by atoms with van der Waals surface area (Å²) in [5.41, 5.74) is 0.0777. The first kappa shape index (κ1) is 33.7. The van der Waals surface area contributed by atoms with Gasteiger partial charge in [0.2, 0.25) is 0 Å². The van der Waals surface area contributed by atoms with Gasteiger partial charge in [0.15, 0.2) is 15.1 Å². The van der Waals surface area contributed by atoms with E-state index in [0.717, 1.165) is 29.2 Å². The third-order valence-electron chi connectivity index (χ3n) is 7.38. The second-order valence-corrected chi connectivity index (χ2v) is 12.4. The molecule has 1 atom stereocenters. The first-order valence-electron chi connectivity index (χ1n) is 14.7. The average Bonchev–Trinajstić information content (AvgIpc) is 3.66. The molecular formula is C34H27F3N4O6S2. The number of esters is 1. The fourth-order valence-electron chi connectivity index (χ4n) is 5.20. The molecule has 1 aliphatic heterocycles. The van der Waals surface area contributed by atoms with Crippen LogP contribution in [-0.4, -0.2) is 41.3 Å². The van der Waals surface area contributed by atoms with Crippen molar-refractivity contribution >= 4 is 35.1 Å². The topological polar surface area (TPSA) is 118 Å². The standard InChI is InChI=1S/C34H27F3N4O6S2/c1-5-46-31(43)28-18(2)38-33-41(29(28)22-15-20(44-3)11-13-24(22)45-4)30(42)25(48-33)16-21-12-14-27(47-21)49-32-39-23(19-9-7-6-8-10-19)17-26(40-32)34(35,36)37/h6-17,29H,5H2,1-4H3/b25-16+/t29-/m0/s1. The molecule has 5 aromatic rings. The van der Waals surface area contributed by atoms with E-state index in [1.165, 1.54) is 24.9 Å². The lowest BCUT2D eigenvalue weighted by Gasteiger charge is -2.26. The largest absolute Gasteiger partial charge is 0.497 e. The number of benzene rings is 2. The van der Waals surface area contributed by atoms with Crippen molar-refractivity contribution in [2.75, 3.05) is 20.8 Å².